The van der Waals surface area contributed by atoms with Crippen molar-refractivity contribution in [1.82, 2.24) is 9.97 Å². The van der Waals surface area contributed by atoms with Crippen LogP contribution in [0.4, 0.5) is 5.13 Å². The van der Waals surface area contributed by atoms with E-state index in [2.05, 4.69) is 20.5 Å². The minimum Gasteiger partial charge on any atom is -0.255 e. The molecule has 0 spiro atoms. The van der Waals surface area contributed by atoms with E-state index in [9.17, 15) is 0 Å². The van der Waals surface area contributed by atoms with Crippen molar-refractivity contribution in [2.45, 2.75) is 0 Å². The smallest absolute Gasteiger partial charge is 0.203 e. The van der Waals surface area contributed by atoms with Crippen molar-refractivity contribution in [2.24, 2.45) is 5.10 Å². The van der Waals surface area contributed by atoms with Gasteiger partial charge in [-0.2, -0.15) is 5.10 Å². The summed E-state index contributed by atoms with van der Waals surface area (Å²) in [6, 6.07) is 5.66. The minimum atomic E-state index is 0.775. The lowest BCUT2D eigenvalue weighted by Crippen LogP contribution is -1.91. The number of anilines is 1. The molecule has 0 bridgehead atoms. The first-order valence-corrected chi connectivity index (χ1v) is 4.93. The van der Waals surface area contributed by atoms with Gasteiger partial charge in [0.25, 0.3) is 0 Å². The van der Waals surface area contributed by atoms with Crippen molar-refractivity contribution in [2.75, 3.05) is 5.43 Å². The first-order chi connectivity index (χ1) is 6.95. The maximum atomic E-state index is 4.09. The molecule has 2 aromatic heterocycles. The van der Waals surface area contributed by atoms with E-state index in [0.717, 1.165) is 10.8 Å². The molecule has 1 N–H and O–H groups in total. The number of pyridine rings is 1. The lowest BCUT2D eigenvalue weighted by molar-refractivity contribution is 1.26. The predicted octanol–water partition coefficient (Wildman–Crippen LogP) is 1.98. The molecule has 0 saturated carbocycles. The highest BCUT2D eigenvalue weighted by Gasteiger charge is 1.89. The highest BCUT2D eigenvalue weighted by Crippen LogP contribution is 2.09. The van der Waals surface area contributed by atoms with Crippen molar-refractivity contribution >= 4 is 22.7 Å². The second kappa shape index (κ2) is 4.48. The molecule has 2 rings (SSSR count). The standard InChI is InChI=1S/C9H8N4S/c1-2-4-10-8(3-1)7-12-13-9-11-5-6-14-9/h1-7H,(H,11,13)/b12-7+. The average Bonchev–Trinajstić information content (AvgIpc) is 2.72. The van der Waals surface area contributed by atoms with Crippen LogP contribution in [0.3, 0.4) is 0 Å². The zero-order valence-corrected chi connectivity index (χ0v) is 8.11. The van der Waals surface area contributed by atoms with E-state index in [1.165, 1.54) is 11.3 Å². The first-order valence-electron chi connectivity index (χ1n) is 4.05. The fourth-order valence-corrected chi connectivity index (χ4v) is 1.36. The van der Waals surface area contributed by atoms with Crippen molar-refractivity contribution in [3.8, 4) is 0 Å². The molecular weight excluding hydrogens is 196 g/mol. The van der Waals surface area contributed by atoms with Crippen molar-refractivity contribution < 1.29 is 0 Å². The molecule has 0 aromatic carbocycles. The molecule has 14 heavy (non-hydrogen) atoms. The Morgan fingerprint density at radius 3 is 3.00 bits per heavy atom. The Hall–Kier alpha value is -1.75. The highest BCUT2D eigenvalue weighted by atomic mass is 32.1. The van der Waals surface area contributed by atoms with Crippen molar-refractivity contribution in [3.05, 3.63) is 41.7 Å². The zero-order chi connectivity index (χ0) is 9.64. The van der Waals surface area contributed by atoms with Crippen LogP contribution >= 0.6 is 11.3 Å². The summed E-state index contributed by atoms with van der Waals surface area (Å²) in [6.45, 7) is 0. The minimum absolute atomic E-state index is 0.775. The van der Waals surface area contributed by atoms with E-state index in [-0.39, 0.29) is 0 Å². The molecule has 0 aliphatic heterocycles. The van der Waals surface area contributed by atoms with E-state index >= 15 is 0 Å². The van der Waals surface area contributed by atoms with Crippen LogP contribution in [0, 0.1) is 0 Å². The van der Waals surface area contributed by atoms with Gasteiger partial charge in [0.05, 0.1) is 11.9 Å². The summed E-state index contributed by atoms with van der Waals surface area (Å²) >= 11 is 1.50. The number of rotatable bonds is 3. The molecule has 2 aromatic rings. The summed E-state index contributed by atoms with van der Waals surface area (Å²) in [6.07, 6.45) is 5.11. The average molecular weight is 204 g/mol. The third-order valence-electron chi connectivity index (χ3n) is 1.48. The summed E-state index contributed by atoms with van der Waals surface area (Å²) < 4.78 is 0. The molecule has 70 valence electrons. The van der Waals surface area contributed by atoms with Gasteiger partial charge < -0.3 is 0 Å². The number of aromatic nitrogens is 2. The van der Waals surface area contributed by atoms with Crippen molar-refractivity contribution in [3.63, 3.8) is 0 Å². The summed E-state index contributed by atoms with van der Waals surface area (Å²) in [5.74, 6) is 0. The molecule has 0 radical (unpaired) electrons. The van der Waals surface area contributed by atoms with Gasteiger partial charge in [0.1, 0.15) is 0 Å². The van der Waals surface area contributed by atoms with Gasteiger partial charge in [0.15, 0.2) is 0 Å². The van der Waals surface area contributed by atoms with Crippen LogP contribution in [0.5, 0.6) is 0 Å². The van der Waals surface area contributed by atoms with Gasteiger partial charge in [-0.3, -0.25) is 10.4 Å². The van der Waals surface area contributed by atoms with Gasteiger partial charge in [0.2, 0.25) is 5.13 Å². The fraction of sp³-hybridized carbons (Fsp3) is 0. The van der Waals surface area contributed by atoms with Crippen LogP contribution in [0.15, 0.2) is 41.1 Å². The number of nitrogens with zero attached hydrogens (tertiary/aromatic N) is 3. The van der Waals surface area contributed by atoms with Gasteiger partial charge in [0, 0.05) is 17.8 Å². The van der Waals surface area contributed by atoms with Crippen LogP contribution < -0.4 is 5.43 Å². The Morgan fingerprint density at radius 1 is 1.29 bits per heavy atom. The topological polar surface area (TPSA) is 50.2 Å². The molecule has 0 fully saturated rings. The normalized spacial score (nSPS) is 10.6. The Bertz CT molecular complexity index is 396. The van der Waals surface area contributed by atoms with E-state index in [1.54, 1.807) is 18.6 Å². The summed E-state index contributed by atoms with van der Waals surface area (Å²) in [5, 5.41) is 6.66. The number of hydrazone groups is 1. The molecule has 0 unspecified atom stereocenters. The highest BCUT2D eigenvalue weighted by molar-refractivity contribution is 7.13. The quantitative estimate of drug-likeness (QED) is 0.614. The lowest BCUT2D eigenvalue weighted by Gasteiger charge is -1.92. The fourth-order valence-electron chi connectivity index (χ4n) is 0.885. The predicted molar refractivity (Wildman–Crippen MR) is 57.6 cm³/mol. The van der Waals surface area contributed by atoms with Gasteiger partial charge in [-0.1, -0.05) is 6.07 Å². The van der Waals surface area contributed by atoms with E-state index in [4.69, 9.17) is 0 Å². The Labute approximate surface area is 85.3 Å². The number of nitrogens with one attached hydrogen (secondary N) is 1. The van der Waals surface area contributed by atoms with Crippen LogP contribution in [-0.2, 0) is 0 Å². The molecule has 0 saturated heterocycles. The van der Waals surface area contributed by atoms with Crippen LogP contribution in [0.25, 0.3) is 0 Å². The third-order valence-corrected chi connectivity index (χ3v) is 2.15. The van der Waals surface area contributed by atoms with E-state index in [0.29, 0.717) is 0 Å². The molecule has 5 heteroatoms. The number of hydrogen-bond donors (Lipinski definition) is 1. The Morgan fingerprint density at radius 2 is 2.29 bits per heavy atom. The Kier molecular flexibility index (Phi) is 2.82. The van der Waals surface area contributed by atoms with Crippen LogP contribution in [0.2, 0.25) is 0 Å². The van der Waals surface area contributed by atoms with E-state index in [1.807, 2.05) is 23.6 Å². The second-order valence-electron chi connectivity index (χ2n) is 2.46. The van der Waals surface area contributed by atoms with Crippen LogP contribution in [0.1, 0.15) is 5.69 Å². The van der Waals surface area contributed by atoms with Gasteiger partial charge in [-0.25, -0.2) is 4.98 Å². The zero-order valence-electron chi connectivity index (χ0n) is 7.29. The molecule has 0 aliphatic rings. The van der Waals surface area contributed by atoms with E-state index < -0.39 is 0 Å². The second-order valence-corrected chi connectivity index (χ2v) is 3.36. The molecule has 0 atom stereocenters. The van der Waals surface area contributed by atoms with Crippen LogP contribution in [-0.4, -0.2) is 16.2 Å². The molecule has 0 amide bonds. The molecular formula is C9H8N4S. The summed E-state index contributed by atoms with van der Waals surface area (Å²) in [7, 11) is 0. The monoisotopic (exact) mass is 204 g/mol. The maximum absolute atomic E-state index is 4.09. The SMILES string of the molecule is C(=N\Nc1nccs1)/c1ccccn1. The summed E-state index contributed by atoms with van der Waals surface area (Å²) in [4.78, 5) is 8.11. The maximum Gasteiger partial charge on any atom is 0.203 e. The number of hydrogen-bond acceptors (Lipinski definition) is 5. The van der Waals surface area contributed by atoms with Gasteiger partial charge in [-0.05, 0) is 12.1 Å². The first kappa shape index (κ1) is 8.83. The van der Waals surface area contributed by atoms with Gasteiger partial charge >= 0.3 is 0 Å². The summed E-state index contributed by atoms with van der Waals surface area (Å²) in [5.41, 5.74) is 3.63. The van der Waals surface area contributed by atoms with Crippen molar-refractivity contribution in [1.29, 1.82) is 0 Å². The molecule has 4 nitrogen and oxygen atoms in total. The third kappa shape index (κ3) is 2.37. The lowest BCUT2D eigenvalue weighted by atomic mass is 10.4. The van der Waals surface area contributed by atoms with Gasteiger partial charge in [-0.15, -0.1) is 11.3 Å². The molecule has 2 heterocycles. The number of thiazole rings is 1. The largest absolute Gasteiger partial charge is 0.255 e. The molecule has 0 aliphatic carbocycles. The Balaban J connectivity index is 1.96.